The smallest absolute Gasteiger partial charge is 0.223 e. The molecule has 24 heavy (non-hydrogen) atoms. The Morgan fingerprint density at radius 1 is 1.12 bits per heavy atom. The lowest BCUT2D eigenvalue weighted by Crippen LogP contribution is -2.38. The van der Waals surface area contributed by atoms with E-state index in [4.69, 9.17) is 0 Å². The molecular formula is C19H25FN2O2. The number of amides is 2. The molecule has 0 radical (unpaired) electrons. The van der Waals surface area contributed by atoms with Gasteiger partial charge in [0.1, 0.15) is 5.82 Å². The standard InChI is InChI=1S/C19H25FN2O2/c20-16-10-8-15(9-11-16)17-5-1-2-14-22(17)19(24)7-4-13-21-12-3-6-18(21)23/h8-11,17H,1-7,12-14H2/t17-/m0/s1. The van der Waals surface area contributed by atoms with E-state index in [2.05, 4.69) is 0 Å². The number of nitrogens with zero attached hydrogens (tertiary/aromatic N) is 2. The molecule has 1 aromatic rings. The number of likely N-dealkylation sites (tertiary alicyclic amines) is 2. The number of benzene rings is 1. The zero-order valence-electron chi connectivity index (χ0n) is 14.0. The normalized spacial score (nSPS) is 21.4. The summed E-state index contributed by atoms with van der Waals surface area (Å²) in [5.41, 5.74) is 1.01. The molecule has 0 saturated carbocycles. The van der Waals surface area contributed by atoms with Crippen LogP contribution in [0.25, 0.3) is 0 Å². The molecule has 130 valence electrons. The first kappa shape index (κ1) is 16.9. The molecule has 1 atom stereocenters. The zero-order valence-corrected chi connectivity index (χ0v) is 14.0. The van der Waals surface area contributed by atoms with Crippen molar-refractivity contribution in [2.24, 2.45) is 0 Å². The molecule has 4 nitrogen and oxygen atoms in total. The number of carbonyl (C=O) groups is 2. The second kappa shape index (κ2) is 7.77. The molecule has 2 saturated heterocycles. The van der Waals surface area contributed by atoms with E-state index < -0.39 is 0 Å². The lowest BCUT2D eigenvalue weighted by Gasteiger charge is -2.36. The predicted molar refractivity (Wildman–Crippen MR) is 89.8 cm³/mol. The maximum Gasteiger partial charge on any atom is 0.223 e. The van der Waals surface area contributed by atoms with Gasteiger partial charge in [0.05, 0.1) is 6.04 Å². The second-order valence-electron chi connectivity index (χ2n) is 6.74. The molecule has 2 aliphatic heterocycles. The Morgan fingerprint density at radius 3 is 2.62 bits per heavy atom. The van der Waals surface area contributed by atoms with Crippen LogP contribution in [0.1, 0.15) is 56.6 Å². The molecule has 2 aliphatic rings. The van der Waals surface area contributed by atoms with E-state index >= 15 is 0 Å². The summed E-state index contributed by atoms with van der Waals surface area (Å²) < 4.78 is 13.1. The van der Waals surface area contributed by atoms with Gasteiger partial charge in [0.15, 0.2) is 0 Å². The van der Waals surface area contributed by atoms with Crippen LogP contribution in [0.4, 0.5) is 4.39 Å². The van der Waals surface area contributed by atoms with Crippen molar-refractivity contribution in [1.82, 2.24) is 9.80 Å². The number of hydrogen-bond donors (Lipinski definition) is 0. The van der Waals surface area contributed by atoms with Crippen molar-refractivity contribution in [3.05, 3.63) is 35.6 Å². The van der Waals surface area contributed by atoms with Gasteiger partial charge in [0, 0.05) is 32.5 Å². The fraction of sp³-hybridized carbons (Fsp3) is 0.579. The lowest BCUT2D eigenvalue weighted by molar-refractivity contribution is -0.136. The van der Waals surface area contributed by atoms with Crippen molar-refractivity contribution in [2.75, 3.05) is 19.6 Å². The fourth-order valence-corrected chi connectivity index (χ4v) is 3.77. The third-order valence-corrected chi connectivity index (χ3v) is 5.07. The van der Waals surface area contributed by atoms with Crippen molar-refractivity contribution in [2.45, 2.75) is 51.0 Å². The molecule has 2 heterocycles. The van der Waals surface area contributed by atoms with E-state index in [1.807, 2.05) is 9.80 Å². The molecule has 3 rings (SSSR count). The summed E-state index contributed by atoms with van der Waals surface area (Å²) in [6.07, 6.45) is 5.82. The Balaban J connectivity index is 1.57. The Labute approximate surface area is 142 Å². The van der Waals surface area contributed by atoms with Crippen LogP contribution in [0.3, 0.4) is 0 Å². The topological polar surface area (TPSA) is 40.6 Å². The minimum Gasteiger partial charge on any atom is -0.343 e. The minimum atomic E-state index is -0.247. The molecule has 0 unspecified atom stereocenters. The Bertz CT molecular complexity index is 588. The van der Waals surface area contributed by atoms with Crippen LogP contribution in [0, 0.1) is 5.82 Å². The van der Waals surface area contributed by atoms with Gasteiger partial charge >= 0.3 is 0 Å². The maximum absolute atomic E-state index is 13.1. The molecule has 1 aromatic carbocycles. The number of rotatable bonds is 5. The van der Waals surface area contributed by atoms with Crippen LogP contribution in [0.15, 0.2) is 24.3 Å². The zero-order chi connectivity index (χ0) is 16.9. The van der Waals surface area contributed by atoms with Crippen molar-refractivity contribution < 1.29 is 14.0 Å². The van der Waals surface area contributed by atoms with Crippen LogP contribution >= 0.6 is 0 Å². The van der Waals surface area contributed by atoms with Crippen LogP contribution in [0.2, 0.25) is 0 Å². The van der Waals surface area contributed by atoms with E-state index in [-0.39, 0.29) is 23.7 Å². The van der Waals surface area contributed by atoms with Gasteiger partial charge in [0.2, 0.25) is 11.8 Å². The summed E-state index contributed by atoms with van der Waals surface area (Å²) in [6.45, 7) is 2.28. The van der Waals surface area contributed by atoms with Gasteiger partial charge in [-0.25, -0.2) is 4.39 Å². The largest absolute Gasteiger partial charge is 0.343 e. The number of carbonyl (C=O) groups excluding carboxylic acids is 2. The van der Waals surface area contributed by atoms with E-state index in [9.17, 15) is 14.0 Å². The quantitative estimate of drug-likeness (QED) is 0.830. The van der Waals surface area contributed by atoms with Gasteiger partial charge in [-0.15, -0.1) is 0 Å². The molecule has 2 amide bonds. The van der Waals surface area contributed by atoms with Gasteiger partial charge in [-0.3, -0.25) is 9.59 Å². The fourth-order valence-electron chi connectivity index (χ4n) is 3.77. The van der Waals surface area contributed by atoms with E-state index in [0.29, 0.717) is 19.4 Å². The Kier molecular flexibility index (Phi) is 5.48. The van der Waals surface area contributed by atoms with Crippen LogP contribution in [-0.2, 0) is 9.59 Å². The van der Waals surface area contributed by atoms with Gasteiger partial charge < -0.3 is 9.80 Å². The number of hydrogen-bond acceptors (Lipinski definition) is 2. The van der Waals surface area contributed by atoms with Crippen molar-refractivity contribution in [1.29, 1.82) is 0 Å². The van der Waals surface area contributed by atoms with Crippen molar-refractivity contribution in [3.8, 4) is 0 Å². The summed E-state index contributed by atoms with van der Waals surface area (Å²) in [5, 5.41) is 0. The number of halogens is 1. The third-order valence-electron chi connectivity index (χ3n) is 5.07. The molecule has 0 bridgehead atoms. The Hall–Kier alpha value is -1.91. The summed E-state index contributed by atoms with van der Waals surface area (Å²) >= 11 is 0. The number of piperidine rings is 1. The summed E-state index contributed by atoms with van der Waals surface area (Å²) in [6, 6.07) is 6.56. The summed E-state index contributed by atoms with van der Waals surface area (Å²) in [5.74, 6) is 0.114. The van der Waals surface area contributed by atoms with Gasteiger partial charge in [0.25, 0.3) is 0 Å². The highest BCUT2D eigenvalue weighted by molar-refractivity contribution is 5.78. The van der Waals surface area contributed by atoms with Crippen LogP contribution in [0.5, 0.6) is 0 Å². The first-order valence-electron chi connectivity index (χ1n) is 8.98. The molecule has 0 spiro atoms. The second-order valence-corrected chi connectivity index (χ2v) is 6.74. The van der Waals surface area contributed by atoms with E-state index in [0.717, 1.165) is 50.8 Å². The van der Waals surface area contributed by atoms with E-state index in [1.165, 1.54) is 12.1 Å². The highest BCUT2D eigenvalue weighted by Crippen LogP contribution is 2.31. The lowest BCUT2D eigenvalue weighted by atomic mass is 9.94. The summed E-state index contributed by atoms with van der Waals surface area (Å²) in [7, 11) is 0. The average Bonchev–Trinajstić information content (AvgIpc) is 3.01. The minimum absolute atomic E-state index is 0.0558. The summed E-state index contributed by atoms with van der Waals surface area (Å²) in [4.78, 5) is 28.1. The molecule has 5 heteroatoms. The van der Waals surface area contributed by atoms with Crippen molar-refractivity contribution in [3.63, 3.8) is 0 Å². The highest BCUT2D eigenvalue weighted by Gasteiger charge is 2.28. The highest BCUT2D eigenvalue weighted by atomic mass is 19.1. The molecule has 2 fully saturated rings. The SMILES string of the molecule is O=C1CCCN1CCCC(=O)N1CCCC[C@H]1c1ccc(F)cc1. The molecule has 0 N–H and O–H groups in total. The predicted octanol–water partition coefficient (Wildman–Crippen LogP) is 3.28. The van der Waals surface area contributed by atoms with Gasteiger partial charge in [-0.2, -0.15) is 0 Å². The first-order chi connectivity index (χ1) is 11.6. The average molecular weight is 332 g/mol. The van der Waals surface area contributed by atoms with Crippen LogP contribution in [-0.4, -0.2) is 41.2 Å². The first-order valence-corrected chi connectivity index (χ1v) is 8.98. The van der Waals surface area contributed by atoms with Crippen molar-refractivity contribution >= 4 is 11.8 Å². The maximum atomic E-state index is 13.1. The van der Waals surface area contributed by atoms with Gasteiger partial charge in [-0.05, 0) is 49.8 Å². The molecule has 0 aliphatic carbocycles. The monoisotopic (exact) mass is 332 g/mol. The Morgan fingerprint density at radius 2 is 1.92 bits per heavy atom. The van der Waals surface area contributed by atoms with Gasteiger partial charge in [-0.1, -0.05) is 12.1 Å². The van der Waals surface area contributed by atoms with E-state index in [1.54, 1.807) is 12.1 Å². The third kappa shape index (κ3) is 3.94. The van der Waals surface area contributed by atoms with Crippen LogP contribution < -0.4 is 0 Å². The molecular weight excluding hydrogens is 307 g/mol. The molecule has 0 aromatic heterocycles.